The minimum atomic E-state index is -0.711. The Morgan fingerprint density at radius 3 is 2.61 bits per heavy atom. The molecule has 0 aliphatic heterocycles. The van der Waals surface area contributed by atoms with Crippen molar-refractivity contribution < 1.29 is 14.3 Å². The van der Waals surface area contributed by atoms with Crippen LogP contribution >= 0.6 is 0 Å². The van der Waals surface area contributed by atoms with Crippen LogP contribution in [0.25, 0.3) is 0 Å². The smallest absolute Gasteiger partial charge is 0.376 e. The molecule has 1 aromatic rings. The summed E-state index contributed by atoms with van der Waals surface area (Å²) in [6, 6.07) is 5.78. The van der Waals surface area contributed by atoms with Crippen molar-refractivity contribution >= 4 is 17.7 Å². The Morgan fingerprint density at radius 1 is 1.28 bits per heavy atom. The highest BCUT2D eigenvalue weighted by atomic mass is 16.6. The van der Waals surface area contributed by atoms with Crippen LogP contribution in [0.5, 0.6) is 0 Å². The van der Waals surface area contributed by atoms with Crippen molar-refractivity contribution in [3.8, 4) is 0 Å². The summed E-state index contributed by atoms with van der Waals surface area (Å²) in [5.41, 5.74) is 2.71. The number of aryl methyl sites for hydroxylation is 2. The first kappa shape index (κ1) is 14.2. The molecule has 1 rings (SSSR count). The topological polar surface area (TPSA) is 55.4 Å². The van der Waals surface area contributed by atoms with Crippen molar-refractivity contribution in [1.82, 2.24) is 0 Å². The summed E-state index contributed by atoms with van der Waals surface area (Å²) in [4.78, 5) is 22.8. The normalized spacial score (nSPS) is 9.94. The van der Waals surface area contributed by atoms with Crippen LogP contribution in [0.2, 0.25) is 0 Å². The van der Waals surface area contributed by atoms with Gasteiger partial charge in [-0.05, 0) is 30.9 Å². The quantitative estimate of drug-likeness (QED) is 0.657. The zero-order valence-electron chi connectivity index (χ0n) is 11.1. The van der Waals surface area contributed by atoms with Gasteiger partial charge in [0.05, 0.1) is 5.69 Å². The molecule has 0 saturated heterocycles. The van der Waals surface area contributed by atoms with Crippen LogP contribution < -0.4 is 5.32 Å². The van der Waals surface area contributed by atoms with Gasteiger partial charge < -0.3 is 4.74 Å². The number of esters is 1. The van der Waals surface area contributed by atoms with Gasteiger partial charge in [-0.1, -0.05) is 32.0 Å². The highest BCUT2D eigenvalue weighted by molar-refractivity contribution is 5.94. The second kappa shape index (κ2) is 6.79. The zero-order chi connectivity index (χ0) is 13.5. The molecule has 0 aliphatic carbocycles. The summed E-state index contributed by atoms with van der Waals surface area (Å²) >= 11 is 0. The van der Waals surface area contributed by atoms with Gasteiger partial charge in [0.2, 0.25) is 0 Å². The van der Waals surface area contributed by atoms with Gasteiger partial charge in [0.15, 0.2) is 0 Å². The Kier molecular flexibility index (Phi) is 5.36. The number of anilines is 1. The molecule has 0 atom stereocenters. The standard InChI is InChI=1S/C14H19NO3/c1-4-7-12(16)18-14(17)15-13-10(3)8-6-9-11(13)5-2/h6,8-9H,4-5,7H2,1-3H3,(H,15,17). The Balaban J connectivity index is 2.72. The number of benzene rings is 1. The molecule has 0 aromatic heterocycles. The predicted molar refractivity (Wildman–Crippen MR) is 70.6 cm³/mol. The van der Waals surface area contributed by atoms with Crippen LogP contribution in [0.1, 0.15) is 37.8 Å². The van der Waals surface area contributed by atoms with Gasteiger partial charge in [0, 0.05) is 6.42 Å². The number of nitrogens with one attached hydrogen (secondary N) is 1. The summed E-state index contributed by atoms with van der Waals surface area (Å²) in [5.74, 6) is -0.498. The summed E-state index contributed by atoms with van der Waals surface area (Å²) in [7, 11) is 0. The Bertz CT molecular complexity index is 441. The van der Waals surface area contributed by atoms with E-state index in [0.717, 1.165) is 23.2 Å². The average molecular weight is 249 g/mol. The maximum Gasteiger partial charge on any atom is 0.419 e. The van der Waals surface area contributed by atoms with E-state index in [4.69, 9.17) is 0 Å². The van der Waals surface area contributed by atoms with Crippen molar-refractivity contribution in [2.45, 2.75) is 40.0 Å². The highest BCUT2D eigenvalue weighted by Crippen LogP contribution is 2.21. The first-order valence-corrected chi connectivity index (χ1v) is 6.18. The van der Waals surface area contributed by atoms with Crippen molar-refractivity contribution in [2.75, 3.05) is 5.32 Å². The number of amides is 1. The van der Waals surface area contributed by atoms with E-state index in [9.17, 15) is 9.59 Å². The van der Waals surface area contributed by atoms with Gasteiger partial charge in [-0.25, -0.2) is 4.79 Å². The third kappa shape index (κ3) is 3.87. The molecule has 18 heavy (non-hydrogen) atoms. The summed E-state index contributed by atoms with van der Waals surface area (Å²) in [6.45, 7) is 5.77. The Hall–Kier alpha value is -1.84. The molecular formula is C14H19NO3. The van der Waals surface area contributed by atoms with E-state index in [1.165, 1.54) is 0 Å². The number of hydrogen-bond donors (Lipinski definition) is 1. The number of hydrogen-bond acceptors (Lipinski definition) is 3. The highest BCUT2D eigenvalue weighted by Gasteiger charge is 2.12. The number of carbonyl (C=O) groups is 2. The van der Waals surface area contributed by atoms with Gasteiger partial charge in [0.1, 0.15) is 0 Å². The second-order valence-electron chi connectivity index (χ2n) is 4.10. The fraction of sp³-hybridized carbons (Fsp3) is 0.429. The maximum absolute atomic E-state index is 11.6. The van der Waals surface area contributed by atoms with Crippen LogP contribution in [0, 0.1) is 6.92 Å². The third-order valence-corrected chi connectivity index (χ3v) is 2.63. The number of carbonyl (C=O) groups excluding carboxylic acids is 2. The monoisotopic (exact) mass is 249 g/mol. The lowest BCUT2D eigenvalue weighted by Gasteiger charge is -2.12. The molecule has 4 nitrogen and oxygen atoms in total. The summed E-state index contributed by atoms with van der Waals surface area (Å²) in [6.07, 6.45) is 1.01. The van der Waals surface area contributed by atoms with Gasteiger partial charge in [-0.15, -0.1) is 0 Å². The van der Waals surface area contributed by atoms with Gasteiger partial charge in [-0.2, -0.15) is 0 Å². The zero-order valence-corrected chi connectivity index (χ0v) is 11.1. The van der Waals surface area contributed by atoms with Crippen molar-refractivity contribution in [3.05, 3.63) is 29.3 Å². The van der Waals surface area contributed by atoms with Crippen LogP contribution in [0.3, 0.4) is 0 Å². The first-order valence-electron chi connectivity index (χ1n) is 6.18. The molecule has 4 heteroatoms. The van der Waals surface area contributed by atoms with E-state index in [0.29, 0.717) is 6.42 Å². The van der Waals surface area contributed by atoms with Crippen molar-refractivity contribution in [2.24, 2.45) is 0 Å². The number of para-hydroxylation sites is 1. The lowest BCUT2D eigenvalue weighted by atomic mass is 10.1. The fourth-order valence-electron chi connectivity index (χ4n) is 1.69. The summed E-state index contributed by atoms with van der Waals surface area (Å²) in [5, 5.41) is 2.64. The molecule has 98 valence electrons. The lowest BCUT2D eigenvalue weighted by molar-refractivity contribution is -0.136. The van der Waals surface area contributed by atoms with Crippen molar-refractivity contribution in [3.63, 3.8) is 0 Å². The molecule has 0 aliphatic rings. The van der Waals surface area contributed by atoms with Crippen LogP contribution in [0.4, 0.5) is 10.5 Å². The first-order chi connectivity index (χ1) is 8.58. The van der Waals surface area contributed by atoms with E-state index in [-0.39, 0.29) is 6.42 Å². The molecule has 0 saturated carbocycles. The molecule has 0 fully saturated rings. The maximum atomic E-state index is 11.6. The van der Waals surface area contributed by atoms with Crippen LogP contribution in [-0.4, -0.2) is 12.1 Å². The largest absolute Gasteiger partial charge is 0.419 e. The molecule has 1 aromatic carbocycles. The molecule has 0 bridgehead atoms. The third-order valence-electron chi connectivity index (χ3n) is 2.63. The molecule has 0 spiro atoms. The Labute approximate surface area is 107 Å². The molecule has 0 radical (unpaired) electrons. The van der Waals surface area contributed by atoms with Gasteiger partial charge in [0.25, 0.3) is 0 Å². The van der Waals surface area contributed by atoms with Gasteiger partial charge >= 0.3 is 12.1 Å². The second-order valence-corrected chi connectivity index (χ2v) is 4.10. The predicted octanol–water partition coefficient (Wildman–Crippen LogP) is 3.43. The van der Waals surface area contributed by atoms with E-state index >= 15 is 0 Å². The molecule has 1 amide bonds. The van der Waals surface area contributed by atoms with E-state index < -0.39 is 12.1 Å². The van der Waals surface area contributed by atoms with Crippen molar-refractivity contribution in [1.29, 1.82) is 0 Å². The van der Waals surface area contributed by atoms with Gasteiger partial charge in [-0.3, -0.25) is 10.1 Å². The minimum Gasteiger partial charge on any atom is -0.376 e. The van der Waals surface area contributed by atoms with E-state index in [1.807, 2.05) is 39.0 Å². The summed E-state index contributed by atoms with van der Waals surface area (Å²) < 4.78 is 4.66. The molecule has 1 N–H and O–H groups in total. The number of ether oxygens (including phenoxy) is 1. The number of rotatable bonds is 4. The van der Waals surface area contributed by atoms with Crippen LogP contribution in [-0.2, 0) is 16.0 Å². The molecule has 0 heterocycles. The van der Waals surface area contributed by atoms with E-state index in [1.54, 1.807) is 0 Å². The Morgan fingerprint density at radius 2 is 2.00 bits per heavy atom. The van der Waals surface area contributed by atoms with Crippen LogP contribution in [0.15, 0.2) is 18.2 Å². The fourth-order valence-corrected chi connectivity index (χ4v) is 1.69. The average Bonchev–Trinajstić information content (AvgIpc) is 2.31. The molecular weight excluding hydrogens is 230 g/mol. The SMILES string of the molecule is CCCC(=O)OC(=O)Nc1c(C)cccc1CC. The minimum absolute atomic E-state index is 0.252. The van der Waals surface area contributed by atoms with E-state index in [2.05, 4.69) is 10.1 Å². The molecule has 0 unspecified atom stereocenters. The lowest BCUT2D eigenvalue weighted by Crippen LogP contribution is -2.19.